The molecule has 1 aromatic carbocycles. The van der Waals surface area contributed by atoms with Crippen molar-refractivity contribution in [3.05, 3.63) is 28.2 Å². The molecule has 1 atom stereocenters. The van der Waals surface area contributed by atoms with Crippen LogP contribution >= 0.6 is 15.9 Å². The van der Waals surface area contributed by atoms with E-state index in [1.807, 2.05) is 6.07 Å². The minimum absolute atomic E-state index is 0.553. The first-order valence-corrected chi connectivity index (χ1v) is 8.69. The van der Waals surface area contributed by atoms with E-state index in [1.165, 1.54) is 35.8 Å². The van der Waals surface area contributed by atoms with Gasteiger partial charge in [0, 0.05) is 29.6 Å². The predicted octanol–water partition coefficient (Wildman–Crippen LogP) is 3.81. The third kappa shape index (κ3) is 4.97. The summed E-state index contributed by atoms with van der Waals surface area (Å²) in [5.74, 6) is 0.932. The number of hydrogen-bond donors (Lipinski definition) is 1. The lowest BCUT2D eigenvalue weighted by molar-refractivity contribution is 0.135. The number of ether oxygens (including phenoxy) is 1. The molecule has 1 aliphatic rings. The molecule has 1 unspecified atom stereocenters. The fourth-order valence-electron chi connectivity index (χ4n) is 2.89. The molecule has 21 heavy (non-hydrogen) atoms. The molecule has 0 radical (unpaired) electrons. The van der Waals surface area contributed by atoms with Crippen LogP contribution in [0.1, 0.15) is 38.7 Å². The highest BCUT2D eigenvalue weighted by Gasteiger charge is 2.23. The summed E-state index contributed by atoms with van der Waals surface area (Å²) in [4.78, 5) is 2.61. The molecule has 1 heterocycles. The van der Waals surface area contributed by atoms with Crippen LogP contribution in [0.15, 0.2) is 22.7 Å². The first-order valence-electron chi connectivity index (χ1n) is 7.90. The average Bonchev–Trinajstić information content (AvgIpc) is 2.48. The van der Waals surface area contributed by atoms with E-state index in [2.05, 4.69) is 52.1 Å². The maximum Gasteiger partial charge on any atom is 0.119 e. The highest BCUT2D eigenvalue weighted by atomic mass is 79.9. The summed E-state index contributed by atoms with van der Waals surface area (Å²) in [5, 5.41) is 3.59. The summed E-state index contributed by atoms with van der Waals surface area (Å²) in [5.41, 5.74) is 1.31. The Morgan fingerprint density at radius 1 is 1.38 bits per heavy atom. The molecule has 0 bridgehead atoms. The van der Waals surface area contributed by atoms with Gasteiger partial charge in [-0.2, -0.15) is 0 Å². The van der Waals surface area contributed by atoms with Crippen molar-refractivity contribution >= 4 is 15.9 Å². The number of benzene rings is 1. The normalized spacial score (nSPS) is 20.0. The molecule has 1 saturated heterocycles. The zero-order valence-electron chi connectivity index (χ0n) is 13.4. The van der Waals surface area contributed by atoms with Crippen LogP contribution in [0.5, 0.6) is 5.75 Å². The molecule has 0 aliphatic carbocycles. The molecular weight excluding hydrogens is 328 g/mol. The van der Waals surface area contributed by atoms with Gasteiger partial charge in [-0.05, 0) is 43.1 Å². The van der Waals surface area contributed by atoms with Crippen molar-refractivity contribution in [2.24, 2.45) is 0 Å². The van der Waals surface area contributed by atoms with Gasteiger partial charge in [0.25, 0.3) is 0 Å². The van der Waals surface area contributed by atoms with Gasteiger partial charge < -0.3 is 10.1 Å². The van der Waals surface area contributed by atoms with E-state index in [1.54, 1.807) is 7.11 Å². The van der Waals surface area contributed by atoms with Crippen LogP contribution in [-0.4, -0.2) is 37.2 Å². The second-order valence-corrected chi connectivity index (χ2v) is 6.99. The van der Waals surface area contributed by atoms with Crippen molar-refractivity contribution in [1.82, 2.24) is 10.2 Å². The molecule has 2 rings (SSSR count). The van der Waals surface area contributed by atoms with Crippen LogP contribution in [0.4, 0.5) is 0 Å². The monoisotopic (exact) mass is 354 g/mol. The van der Waals surface area contributed by atoms with E-state index >= 15 is 0 Å². The van der Waals surface area contributed by atoms with Crippen LogP contribution in [0, 0.1) is 0 Å². The Bertz CT molecular complexity index is 450. The highest BCUT2D eigenvalue weighted by Crippen LogP contribution is 2.26. The van der Waals surface area contributed by atoms with Crippen molar-refractivity contribution in [1.29, 1.82) is 0 Å². The number of likely N-dealkylation sites (tertiary alicyclic amines) is 1. The van der Waals surface area contributed by atoms with Gasteiger partial charge >= 0.3 is 0 Å². The molecule has 3 nitrogen and oxygen atoms in total. The van der Waals surface area contributed by atoms with Crippen molar-refractivity contribution in [2.75, 3.05) is 20.2 Å². The van der Waals surface area contributed by atoms with E-state index < -0.39 is 0 Å². The molecule has 0 amide bonds. The third-order valence-corrected chi connectivity index (χ3v) is 4.91. The Morgan fingerprint density at radius 3 is 2.90 bits per heavy atom. The lowest BCUT2D eigenvalue weighted by atomic mass is 10.0. The Labute approximate surface area is 137 Å². The van der Waals surface area contributed by atoms with Gasteiger partial charge in [-0.1, -0.05) is 36.2 Å². The van der Waals surface area contributed by atoms with Crippen LogP contribution in [0.3, 0.4) is 0 Å². The van der Waals surface area contributed by atoms with Crippen molar-refractivity contribution < 1.29 is 4.74 Å². The predicted molar refractivity (Wildman–Crippen MR) is 91.9 cm³/mol. The van der Waals surface area contributed by atoms with Crippen LogP contribution < -0.4 is 10.1 Å². The standard InChI is InChI=1S/C17H27BrN2O/c1-13(2)19-11-15-6-4-5-9-20(15)12-14-10-16(21-3)7-8-17(14)18/h7-8,10,13,15,19H,4-6,9,11-12H2,1-3H3. The van der Waals surface area contributed by atoms with Crippen molar-refractivity contribution in [3.8, 4) is 5.75 Å². The quantitative estimate of drug-likeness (QED) is 0.840. The summed E-state index contributed by atoms with van der Waals surface area (Å²) < 4.78 is 6.52. The number of hydrogen-bond acceptors (Lipinski definition) is 3. The van der Waals surface area contributed by atoms with E-state index in [-0.39, 0.29) is 0 Å². The van der Waals surface area contributed by atoms with Crippen molar-refractivity contribution in [3.63, 3.8) is 0 Å². The topological polar surface area (TPSA) is 24.5 Å². The maximum absolute atomic E-state index is 5.35. The smallest absolute Gasteiger partial charge is 0.119 e. The lowest BCUT2D eigenvalue weighted by Gasteiger charge is -2.36. The van der Waals surface area contributed by atoms with Gasteiger partial charge in [0.05, 0.1) is 7.11 Å². The van der Waals surface area contributed by atoms with Crippen LogP contribution in [-0.2, 0) is 6.54 Å². The van der Waals surface area contributed by atoms with Gasteiger partial charge in [0.1, 0.15) is 5.75 Å². The van der Waals surface area contributed by atoms with Gasteiger partial charge in [-0.15, -0.1) is 0 Å². The molecular formula is C17H27BrN2O. The van der Waals surface area contributed by atoms with Gasteiger partial charge in [0.15, 0.2) is 0 Å². The lowest BCUT2D eigenvalue weighted by Crippen LogP contribution is -2.46. The average molecular weight is 355 g/mol. The van der Waals surface area contributed by atoms with E-state index in [0.29, 0.717) is 12.1 Å². The minimum atomic E-state index is 0.553. The molecule has 0 aromatic heterocycles. The largest absolute Gasteiger partial charge is 0.497 e. The Morgan fingerprint density at radius 2 is 2.19 bits per heavy atom. The fraction of sp³-hybridized carbons (Fsp3) is 0.647. The highest BCUT2D eigenvalue weighted by molar-refractivity contribution is 9.10. The molecule has 0 saturated carbocycles. The third-order valence-electron chi connectivity index (χ3n) is 4.14. The first kappa shape index (κ1) is 16.8. The second-order valence-electron chi connectivity index (χ2n) is 6.14. The maximum atomic E-state index is 5.35. The van der Waals surface area contributed by atoms with Gasteiger partial charge in [0.2, 0.25) is 0 Å². The first-order chi connectivity index (χ1) is 10.1. The summed E-state index contributed by atoms with van der Waals surface area (Å²) >= 11 is 3.67. The zero-order chi connectivity index (χ0) is 15.2. The van der Waals surface area contributed by atoms with E-state index in [4.69, 9.17) is 4.74 Å². The molecule has 1 aliphatic heterocycles. The Balaban J connectivity index is 2.04. The van der Waals surface area contributed by atoms with E-state index in [9.17, 15) is 0 Å². The second kappa shape index (κ2) is 8.16. The molecule has 4 heteroatoms. The molecule has 1 fully saturated rings. The van der Waals surface area contributed by atoms with Gasteiger partial charge in [-0.25, -0.2) is 0 Å². The number of methoxy groups -OCH3 is 1. The number of nitrogens with zero attached hydrogens (tertiary/aromatic N) is 1. The Kier molecular flexibility index (Phi) is 6.52. The minimum Gasteiger partial charge on any atom is -0.497 e. The molecule has 118 valence electrons. The number of nitrogens with one attached hydrogen (secondary N) is 1. The van der Waals surface area contributed by atoms with E-state index in [0.717, 1.165) is 18.8 Å². The molecule has 0 spiro atoms. The summed E-state index contributed by atoms with van der Waals surface area (Å²) in [6.45, 7) is 7.69. The summed E-state index contributed by atoms with van der Waals surface area (Å²) in [6, 6.07) is 7.42. The number of piperidine rings is 1. The summed E-state index contributed by atoms with van der Waals surface area (Å²) in [7, 11) is 1.73. The zero-order valence-corrected chi connectivity index (χ0v) is 14.9. The fourth-order valence-corrected chi connectivity index (χ4v) is 3.26. The summed E-state index contributed by atoms with van der Waals surface area (Å²) in [6.07, 6.45) is 3.95. The number of rotatable bonds is 6. The SMILES string of the molecule is COc1ccc(Br)c(CN2CCCCC2CNC(C)C)c1. The van der Waals surface area contributed by atoms with Crippen LogP contribution in [0.2, 0.25) is 0 Å². The molecule has 1 aromatic rings. The molecule has 1 N–H and O–H groups in total. The van der Waals surface area contributed by atoms with Gasteiger partial charge in [-0.3, -0.25) is 4.90 Å². The number of halogens is 1. The van der Waals surface area contributed by atoms with Crippen LogP contribution in [0.25, 0.3) is 0 Å². The van der Waals surface area contributed by atoms with Crippen molar-refractivity contribution in [2.45, 2.75) is 51.7 Å². The Hall–Kier alpha value is -0.580.